The van der Waals surface area contributed by atoms with Gasteiger partial charge in [0, 0.05) is 24.2 Å². The van der Waals surface area contributed by atoms with Crippen molar-refractivity contribution in [2.24, 2.45) is 5.92 Å². The standard InChI is InChI=1S/C17H17N5O.C9H12O.CH2O/c1-18-13-9-7-11(8-10-13)14-3-2-4-15-19-17(21-22(14)15)20-16(23)12-5-6-12;1-2-8-10-9-6-4-3-5-7-9;1-2/h2-4,7-10,12,18H,5-6H2,1H3,(H,20,21,23);3-7H,2,8H2,1H3;1H2. The first-order valence-corrected chi connectivity index (χ1v) is 11.6. The molecule has 0 aliphatic heterocycles. The van der Waals surface area contributed by atoms with E-state index in [1.54, 1.807) is 4.52 Å². The van der Waals surface area contributed by atoms with Crippen molar-refractivity contribution < 1.29 is 14.3 Å². The summed E-state index contributed by atoms with van der Waals surface area (Å²) in [5, 5.41) is 10.3. The maximum absolute atomic E-state index is 11.9. The van der Waals surface area contributed by atoms with Crippen LogP contribution in [0.4, 0.5) is 11.6 Å². The number of ether oxygens (including phenoxy) is 1. The molecule has 2 aromatic carbocycles. The number of anilines is 2. The molecule has 0 spiro atoms. The summed E-state index contributed by atoms with van der Waals surface area (Å²) in [7, 11) is 1.89. The Morgan fingerprint density at radius 3 is 2.37 bits per heavy atom. The second kappa shape index (κ2) is 12.9. The molecule has 2 heterocycles. The van der Waals surface area contributed by atoms with Crippen molar-refractivity contribution in [2.45, 2.75) is 26.2 Å². The number of para-hydroxylation sites is 1. The number of amides is 1. The molecule has 2 aromatic heterocycles. The molecule has 8 heteroatoms. The van der Waals surface area contributed by atoms with Crippen LogP contribution < -0.4 is 15.4 Å². The number of hydrogen-bond donors (Lipinski definition) is 2. The van der Waals surface area contributed by atoms with Crippen molar-refractivity contribution in [1.82, 2.24) is 14.6 Å². The molecule has 182 valence electrons. The zero-order chi connectivity index (χ0) is 25.0. The summed E-state index contributed by atoms with van der Waals surface area (Å²) in [6.07, 6.45) is 2.99. The fourth-order valence-corrected chi connectivity index (χ4v) is 3.28. The number of rotatable bonds is 7. The topological polar surface area (TPSA) is 97.6 Å². The van der Waals surface area contributed by atoms with E-state index in [-0.39, 0.29) is 11.8 Å². The third-order valence-corrected chi connectivity index (χ3v) is 5.23. The number of nitrogens with zero attached hydrogens (tertiary/aromatic N) is 3. The summed E-state index contributed by atoms with van der Waals surface area (Å²) >= 11 is 0. The summed E-state index contributed by atoms with van der Waals surface area (Å²) in [6.45, 7) is 4.91. The molecule has 0 unspecified atom stereocenters. The van der Waals surface area contributed by atoms with Gasteiger partial charge in [0.15, 0.2) is 5.65 Å². The molecule has 0 bridgehead atoms. The molecule has 0 atom stereocenters. The third-order valence-electron chi connectivity index (χ3n) is 5.23. The van der Waals surface area contributed by atoms with Crippen molar-refractivity contribution in [2.75, 3.05) is 24.3 Å². The van der Waals surface area contributed by atoms with Crippen molar-refractivity contribution in [3.05, 3.63) is 72.8 Å². The van der Waals surface area contributed by atoms with E-state index in [9.17, 15) is 4.79 Å². The molecular weight excluding hydrogens is 442 g/mol. The Kier molecular flexibility index (Phi) is 9.36. The molecule has 35 heavy (non-hydrogen) atoms. The number of benzene rings is 2. The van der Waals surface area contributed by atoms with Crippen LogP contribution in [0.25, 0.3) is 16.9 Å². The molecule has 1 fully saturated rings. The smallest absolute Gasteiger partial charge is 0.249 e. The first-order chi connectivity index (χ1) is 17.2. The molecule has 1 amide bonds. The van der Waals surface area contributed by atoms with E-state index >= 15 is 0 Å². The van der Waals surface area contributed by atoms with Gasteiger partial charge in [0.05, 0.1) is 12.3 Å². The Bertz CT molecular complexity index is 1200. The van der Waals surface area contributed by atoms with Crippen molar-refractivity contribution >= 4 is 30.0 Å². The molecule has 0 saturated heterocycles. The number of nitrogens with one attached hydrogen (secondary N) is 2. The number of aromatic nitrogens is 3. The average Bonchev–Trinajstić information content (AvgIpc) is 3.69. The maximum atomic E-state index is 11.9. The normalized spacial score (nSPS) is 11.9. The molecule has 1 saturated carbocycles. The van der Waals surface area contributed by atoms with E-state index in [4.69, 9.17) is 9.53 Å². The van der Waals surface area contributed by atoms with Crippen LogP contribution in [0.1, 0.15) is 26.2 Å². The SMILES string of the molecule is C=O.CCCOc1ccccc1.CNc1ccc(-c2cccc3nc(NC(=O)C4CC4)nn23)cc1. The van der Waals surface area contributed by atoms with Gasteiger partial charge in [0.1, 0.15) is 12.5 Å². The largest absolute Gasteiger partial charge is 0.494 e. The first-order valence-electron chi connectivity index (χ1n) is 11.6. The Morgan fingerprint density at radius 1 is 1.03 bits per heavy atom. The fraction of sp³-hybridized carbons (Fsp3) is 0.259. The quantitative estimate of drug-likeness (QED) is 0.389. The van der Waals surface area contributed by atoms with Crippen LogP contribution in [0.15, 0.2) is 72.8 Å². The van der Waals surface area contributed by atoms with Crippen molar-refractivity contribution in [3.8, 4) is 17.0 Å². The second-order valence-electron chi connectivity index (χ2n) is 7.87. The van der Waals surface area contributed by atoms with Gasteiger partial charge in [-0.1, -0.05) is 43.3 Å². The van der Waals surface area contributed by atoms with Crippen LogP contribution in [0.2, 0.25) is 0 Å². The molecule has 5 rings (SSSR count). The minimum atomic E-state index is 0.0147. The number of hydrogen-bond acceptors (Lipinski definition) is 6. The predicted octanol–water partition coefficient (Wildman–Crippen LogP) is 5.08. The molecule has 8 nitrogen and oxygen atoms in total. The molecule has 0 radical (unpaired) electrons. The predicted molar refractivity (Wildman–Crippen MR) is 139 cm³/mol. The van der Waals surface area contributed by atoms with Crippen molar-refractivity contribution in [3.63, 3.8) is 0 Å². The minimum absolute atomic E-state index is 0.0147. The lowest BCUT2D eigenvalue weighted by molar-refractivity contribution is -0.117. The second-order valence-corrected chi connectivity index (χ2v) is 7.87. The van der Waals surface area contributed by atoms with Gasteiger partial charge in [-0.05, 0) is 55.7 Å². The summed E-state index contributed by atoms with van der Waals surface area (Å²) < 4.78 is 7.12. The molecule has 1 aliphatic rings. The van der Waals surface area contributed by atoms with Gasteiger partial charge in [-0.2, -0.15) is 4.98 Å². The summed E-state index contributed by atoms with van der Waals surface area (Å²) in [4.78, 5) is 24.3. The van der Waals surface area contributed by atoms with Gasteiger partial charge in [0.25, 0.3) is 0 Å². The van der Waals surface area contributed by atoms with Crippen LogP contribution in [0, 0.1) is 5.92 Å². The first kappa shape index (κ1) is 25.4. The number of carbonyl (C=O) groups is 2. The van der Waals surface area contributed by atoms with Gasteiger partial charge in [-0.25, -0.2) is 4.52 Å². The highest BCUT2D eigenvalue weighted by atomic mass is 16.5. The van der Waals surface area contributed by atoms with E-state index in [0.717, 1.165) is 48.6 Å². The monoisotopic (exact) mass is 473 g/mol. The average molecular weight is 474 g/mol. The number of carbonyl (C=O) groups excluding carboxylic acids is 2. The lowest BCUT2D eigenvalue weighted by atomic mass is 10.1. The summed E-state index contributed by atoms with van der Waals surface area (Å²) in [5.41, 5.74) is 3.74. The zero-order valence-corrected chi connectivity index (χ0v) is 20.1. The Balaban J connectivity index is 0.000000240. The van der Waals surface area contributed by atoms with Gasteiger partial charge < -0.3 is 14.8 Å². The lowest BCUT2D eigenvalue weighted by Crippen LogP contribution is -2.14. The van der Waals surface area contributed by atoms with Gasteiger partial charge in [0.2, 0.25) is 11.9 Å². The lowest BCUT2D eigenvalue weighted by Gasteiger charge is -2.05. The Morgan fingerprint density at radius 2 is 1.74 bits per heavy atom. The zero-order valence-electron chi connectivity index (χ0n) is 20.1. The minimum Gasteiger partial charge on any atom is -0.494 e. The molecule has 1 aliphatic carbocycles. The van der Waals surface area contributed by atoms with Crippen LogP contribution in [-0.2, 0) is 9.59 Å². The van der Waals surface area contributed by atoms with Crippen LogP contribution in [0.5, 0.6) is 5.75 Å². The van der Waals surface area contributed by atoms with E-state index in [2.05, 4.69) is 27.6 Å². The van der Waals surface area contributed by atoms with E-state index in [1.807, 2.05) is 86.6 Å². The highest BCUT2D eigenvalue weighted by Crippen LogP contribution is 2.30. The van der Waals surface area contributed by atoms with E-state index in [0.29, 0.717) is 11.6 Å². The van der Waals surface area contributed by atoms with Crippen LogP contribution >= 0.6 is 0 Å². The van der Waals surface area contributed by atoms with Gasteiger partial charge >= 0.3 is 0 Å². The Hall–Kier alpha value is -4.20. The number of pyridine rings is 1. The fourth-order valence-electron chi connectivity index (χ4n) is 3.28. The summed E-state index contributed by atoms with van der Waals surface area (Å²) in [6, 6.07) is 23.8. The Labute approximate surface area is 205 Å². The molecular formula is C27H31N5O3. The van der Waals surface area contributed by atoms with Gasteiger partial charge in [-0.15, -0.1) is 5.10 Å². The highest BCUT2D eigenvalue weighted by Gasteiger charge is 2.30. The van der Waals surface area contributed by atoms with E-state index < -0.39 is 0 Å². The molecule has 4 aromatic rings. The van der Waals surface area contributed by atoms with Gasteiger partial charge in [-0.3, -0.25) is 10.1 Å². The van der Waals surface area contributed by atoms with Crippen LogP contribution in [-0.4, -0.2) is 40.9 Å². The van der Waals surface area contributed by atoms with E-state index in [1.165, 1.54) is 0 Å². The number of fused-ring (bicyclic) bond motifs is 1. The summed E-state index contributed by atoms with van der Waals surface area (Å²) in [5.74, 6) is 1.47. The van der Waals surface area contributed by atoms with Crippen molar-refractivity contribution in [1.29, 1.82) is 0 Å². The highest BCUT2D eigenvalue weighted by molar-refractivity contribution is 5.92. The third kappa shape index (κ3) is 7.14. The maximum Gasteiger partial charge on any atom is 0.249 e. The molecule has 2 N–H and O–H groups in total. The van der Waals surface area contributed by atoms with Crippen LogP contribution in [0.3, 0.4) is 0 Å².